The van der Waals surface area contributed by atoms with Gasteiger partial charge in [-0.2, -0.15) is 0 Å². The second-order valence-corrected chi connectivity index (χ2v) is 5.79. The maximum atomic E-state index is 5.65. The lowest BCUT2D eigenvalue weighted by Gasteiger charge is -2.06. The molecule has 19 heavy (non-hydrogen) atoms. The van der Waals surface area contributed by atoms with Gasteiger partial charge in [0.25, 0.3) is 0 Å². The lowest BCUT2D eigenvalue weighted by molar-refractivity contribution is 0.343. The van der Waals surface area contributed by atoms with Gasteiger partial charge < -0.3 is 15.0 Å². The molecule has 2 aromatic rings. The lowest BCUT2D eigenvalue weighted by atomic mass is 10.3. The van der Waals surface area contributed by atoms with E-state index in [1.54, 1.807) is 11.8 Å². The molecule has 2 rings (SSSR count). The Morgan fingerprint density at radius 2 is 2.26 bits per heavy atom. The summed E-state index contributed by atoms with van der Waals surface area (Å²) in [5, 5.41) is 8.94. The first-order valence-electron chi connectivity index (χ1n) is 5.80. The zero-order chi connectivity index (χ0) is 13.7. The fraction of sp³-hybridized carbons (Fsp3) is 0.333. The fourth-order valence-electron chi connectivity index (χ4n) is 1.50. The molecule has 0 aliphatic heterocycles. The Bertz CT molecular complexity index is 546. The van der Waals surface area contributed by atoms with Crippen molar-refractivity contribution in [2.75, 3.05) is 12.4 Å². The number of hydrogen-bond donors (Lipinski definition) is 1. The van der Waals surface area contributed by atoms with Crippen molar-refractivity contribution in [2.24, 2.45) is 12.8 Å². The van der Waals surface area contributed by atoms with Crippen molar-refractivity contribution < 1.29 is 4.74 Å². The number of aromatic nitrogens is 3. The third kappa shape index (κ3) is 3.95. The van der Waals surface area contributed by atoms with E-state index in [1.165, 1.54) is 0 Å². The number of nitrogens with two attached hydrogens (primary N) is 1. The molecule has 0 unspecified atom stereocenters. The molecule has 2 N–H and O–H groups in total. The number of rotatable bonds is 6. The molecule has 0 atom stereocenters. The van der Waals surface area contributed by atoms with Crippen LogP contribution in [0.3, 0.4) is 0 Å². The third-order valence-electron chi connectivity index (χ3n) is 2.49. The van der Waals surface area contributed by atoms with Crippen LogP contribution in [0.15, 0.2) is 33.9 Å². The van der Waals surface area contributed by atoms with Crippen LogP contribution in [-0.2, 0) is 13.6 Å². The summed E-state index contributed by atoms with van der Waals surface area (Å²) in [5.74, 6) is 2.45. The van der Waals surface area contributed by atoms with Crippen LogP contribution in [0.5, 0.6) is 5.75 Å². The Hall–Kier alpha value is -1.05. The Kier molecular flexibility index (Phi) is 5.24. The average Bonchev–Trinajstić information content (AvgIpc) is 2.76. The summed E-state index contributed by atoms with van der Waals surface area (Å²) in [6, 6.07) is 7.79. The molecule has 0 spiro atoms. The predicted octanol–water partition coefficient (Wildman–Crippen LogP) is 2.21. The van der Waals surface area contributed by atoms with Crippen molar-refractivity contribution in [1.82, 2.24) is 14.8 Å². The second-order valence-electron chi connectivity index (χ2n) is 3.82. The summed E-state index contributed by atoms with van der Waals surface area (Å²) in [5.41, 5.74) is 5.55. The SMILES string of the molecule is Cn1c(CN)nnc1SCCOc1cccc(Br)c1. The first kappa shape index (κ1) is 14.4. The number of nitrogens with zero attached hydrogens (tertiary/aromatic N) is 3. The normalized spacial score (nSPS) is 10.7. The van der Waals surface area contributed by atoms with E-state index in [9.17, 15) is 0 Å². The molecule has 102 valence electrons. The molecule has 0 saturated carbocycles. The third-order valence-corrected chi connectivity index (χ3v) is 3.96. The van der Waals surface area contributed by atoms with Gasteiger partial charge >= 0.3 is 0 Å². The highest BCUT2D eigenvalue weighted by Crippen LogP contribution is 2.19. The Labute approximate surface area is 124 Å². The van der Waals surface area contributed by atoms with Gasteiger partial charge in [-0.1, -0.05) is 33.8 Å². The minimum Gasteiger partial charge on any atom is -0.493 e. The summed E-state index contributed by atoms with van der Waals surface area (Å²) in [6.45, 7) is 1.02. The standard InChI is InChI=1S/C12H15BrN4OS/c1-17-11(8-14)15-16-12(17)19-6-5-18-10-4-2-3-9(13)7-10/h2-4,7H,5-6,8,14H2,1H3. The van der Waals surface area contributed by atoms with Crippen molar-refractivity contribution in [2.45, 2.75) is 11.7 Å². The smallest absolute Gasteiger partial charge is 0.191 e. The van der Waals surface area contributed by atoms with Gasteiger partial charge in [0.2, 0.25) is 0 Å². The quantitative estimate of drug-likeness (QED) is 0.643. The van der Waals surface area contributed by atoms with Gasteiger partial charge in [0.1, 0.15) is 11.6 Å². The molecule has 1 aromatic carbocycles. The molecule has 0 saturated heterocycles. The zero-order valence-corrected chi connectivity index (χ0v) is 12.9. The minimum absolute atomic E-state index is 0.401. The molecular formula is C12H15BrN4OS. The first-order valence-corrected chi connectivity index (χ1v) is 7.58. The molecule has 0 aliphatic carbocycles. The largest absolute Gasteiger partial charge is 0.493 e. The van der Waals surface area contributed by atoms with E-state index in [0.29, 0.717) is 13.2 Å². The monoisotopic (exact) mass is 342 g/mol. The van der Waals surface area contributed by atoms with Crippen LogP contribution < -0.4 is 10.5 Å². The Morgan fingerprint density at radius 3 is 2.95 bits per heavy atom. The van der Waals surface area contributed by atoms with Crippen LogP contribution >= 0.6 is 27.7 Å². The van der Waals surface area contributed by atoms with Crippen LogP contribution in [0.2, 0.25) is 0 Å². The molecule has 7 heteroatoms. The van der Waals surface area contributed by atoms with E-state index in [0.717, 1.165) is 27.0 Å². The van der Waals surface area contributed by atoms with E-state index >= 15 is 0 Å². The van der Waals surface area contributed by atoms with Crippen molar-refractivity contribution in [3.05, 3.63) is 34.6 Å². The van der Waals surface area contributed by atoms with Gasteiger partial charge in [-0.3, -0.25) is 0 Å². The first-order chi connectivity index (χ1) is 9.20. The van der Waals surface area contributed by atoms with Gasteiger partial charge in [0, 0.05) is 17.3 Å². The summed E-state index contributed by atoms with van der Waals surface area (Å²) < 4.78 is 8.57. The molecule has 1 aromatic heterocycles. The van der Waals surface area contributed by atoms with E-state index < -0.39 is 0 Å². The molecular weight excluding hydrogens is 328 g/mol. The van der Waals surface area contributed by atoms with Gasteiger partial charge in [-0.25, -0.2) is 0 Å². The molecule has 0 radical (unpaired) electrons. The van der Waals surface area contributed by atoms with Crippen molar-refractivity contribution in [3.8, 4) is 5.75 Å². The molecule has 5 nitrogen and oxygen atoms in total. The average molecular weight is 343 g/mol. The highest BCUT2D eigenvalue weighted by atomic mass is 79.9. The number of thioether (sulfide) groups is 1. The van der Waals surface area contributed by atoms with Gasteiger partial charge in [-0.15, -0.1) is 10.2 Å². The summed E-state index contributed by atoms with van der Waals surface area (Å²) in [4.78, 5) is 0. The highest BCUT2D eigenvalue weighted by Gasteiger charge is 2.07. The van der Waals surface area contributed by atoms with E-state index in [-0.39, 0.29) is 0 Å². The maximum Gasteiger partial charge on any atom is 0.191 e. The van der Waals surface area contributed by atoms with Gasteiger partial charge in [0.15, 0.2) is 5.16 Å². The van der Waals surface area contributed by atoms with Crippen LogP contribution in [-0.4, -0.2) is 27.1 Å². The van der Waals surface area contributed by atoms with Crippen LogP contribution in [0.4, 0.5) is 0 Å². The van der Waals surface area contributed by atoms with Gasteiger partial charge in [-0.05, 0) is 18.2 Å². The number of halogens is 1. The number of ether oxygens (including phenoxy) is 1. The summed E-state index contributed by atoms with van der Waals surface area (Å²) >= 11 is 5.01. The summed E-state index contributed by atoms with van der Waals surface area (Å²) in [6.07, 6.45) is 0. The van der Waals surface area contributed by atoms with Crippen LogP contribution in [0.1, 0.15) is 5.82 Å². The topological polar surface area (TPSA) is 66.0 Å². The Balaban J connectivity index is 1.79. The van der Waals surface area contributed by atoms with Crippen LogP contribution in [0.25, 0.3) is 0 Å². The maximum absolute atomic E-state index is 5.65. The molecule has 0 fully saturated rings. The Morgan fingerprint density at radius 1 is 1.42 bits per heavy atom. The van der Waals surface area contributed by atoms with E-state index in [1.807, 2.05) is 35.9 Å². The summed E-state index contributed by atoms with van der Waals surface area (Å²) in [7, 11) is 1.92. The highest BCUT2D eigenvalue weighted by molar-refractivity contribution is 9.10. The minimum atomic E-state index is 0.401. The van der Waals surface area contributed by atoms with E-state index in [4.69, 9.17) is 10.5 Å². The zero-order valence-electron chi connectivity index (χ0n) is 10.5. The number of hydrogen-bond acceptors (Lipinski definition) is 5. The molecule has 1 heterocycles. The predicted molar refractivity (Wildman–Crippen MR) is 79.3 cm³/mol. The van der Waals surface area contributed by atoms with Gasteiger partial charge in [0.05, 0.1) is 13.2 Å². The molecule has 0 aliphatic rings. The van der Waals surface area contributed by atoms with Crippen molar-refractivity contribution in [1.29, 1.82) is 0 Å². The molecule has 0 bridgehead atoms. The fourth-order valence-corrected chi connectivity index (χ4v) is 2.62. The molecule has 0 amide bonds. The second kappa shape index (κ2) is 6.93. The number of benzene rings is 1. The van der Waals surface area contributed by atoms with E-state index in [2.05, 4.69) is 26.1 Å². The van der Waals surface area contributed by atoms with Crippen molar-refractivity contribution in [3.63, 3.8) is 0 Å². The lowest BCUT2D eigenvalue weighted by Crippen LogP contribution is -2.06. The van der Waals surface area contributed by atoms with Crippen molar-refractivity contribution >= 4 is 27.7 Å². The van der Waals surface area contributed by atoms with Crippen LogP contribution in [0, 0.1) is 0 Å².